The van der Waals surface area contributed by atoms with Crippen molar-refractivity contribution in [3.8, 4) is 0 Å². The molecule has 1 N–H and O–H groups in total. The van der Waals surface area contributed by atoms with E-state index in [-0.39, 0.29) is 5.60 Å². The first-order valence-corrected chi connectivity index (χ1v) is 6.17. The first kappa shape index (κ1) is 12.7. The summed E-state index contributed by atoms with van der Waals surface area (Å²) in [7, 11) is 1.98. The Balaban J connectivity index is 2.61. The molecule has 1 aromatic rings. The fraction of sp³-hybridized carbons (Fsp3) is 0.667. The van der Waals surface area contributed by atoms with Crippen LogP contribution in [-0.2, 0) is 4.74 Å². The van der Waals surface area contributed by atoms with Crippen molar-refractivity contribution in [3.63, 3.8) is 0 Å². The Hall–Kier alpha value is -0.380. The lowest BCUT2D eigenvalue weighted by atomic mass is 10.1. The van der Waals surface area contributed by atoms with Crippen molar-refractivity contribution in [2.24, 2.45) is 0 Å². The summed E-state index contributed by atoms with van der Waals surface area (Å²) in [6.07, 6.45) is 0. The summed E-state index contributed by atoms with van der Waals surface area (Å²) in [6.45, 7) is 9.12. The molecule has 0 aliphatic carbocycles. The van der Waals surface area contributed by atoms with Gasteiger partial charge >= 0.3 is 0 Å². The molecule has 15 heavy (non-hydrogen) atoms. The number of thiophene rings is 1. The second kappa shape index (κ2) is 5.10. The molecule has 0 fully saturated rings. The van der Waals surface area contributed by atoms with Crippen molar-refractivity contribution < 1.29 is 4.74 Å². The van der Waals surface area contributed by atoms with E-state index in [0.717, 1.165) is 6.61 Å². The Morgan fingerprint density at radius 1 is 1.47 bits per heavy atom. The van der Waals surface area contributed by atoms with Crippen LogP contribution in [0.15, 0.2) is 11.4 Å². The lowest BCUT2D eigenvalue weighted by molar-refractivity contribution is -0.0139. The average molecular weight is 227 g/mol. The number of aryl methyl sites for hydroxylation is 1. The Labute approximate surface area is 96.7 Å². The standard InChI is InChI=1S/C12H21NOS/c1-9-10(6-7-15-9)11(13-5)8-14-12(2,3)4/h6-7,11,13H,8H2,1-5H3. The molecule has 0 aliphatic rings. The lowest BCUT2D eigenvalue weighted by Crippen LogP contribution is -2.28. The Morgan fingerprint density at radius 2 is 2.13 bits per heavy atom. The quantitative estimate of drug-likeness (QED) is 0.853. The van der Waals surface area contributed by atoms with Crippen LogP contribution < -0.4 is 5.32 Å². The fourth-order valence-electron chi connectivity index (χ4n) is 1.42. The summed E-state index contributed by atoms with van der Waals surface area (Å²) in [4.78, 5) is 1.37. The monoisotopic (exact) mass is 227 g/mol. The number of hydrogen-bond donors (Lipinski definition) is 1. The minimum Gasteiger partial charge on any atom is -0.374 e. The molecule has 1 atom stereocenters. The van der Waals surface area contributed by atoms with Crippen LogP contribution in [0.5, 0.6) is 0 Å². The van der Waals surface area contributed by atoms with Gasteiger partial charge in [0.15, 0.2) is 0 Å². The summed E-state index contributed by atoms with van der Waals surface area (Å²) < 4.78 is 5.80. The molecular formula is C12H21NOS. The van der Waals surface area contributed by atoms with Crippen molar-refractivity contribution in [3.05, 3.63) is 21.9 Å². The third-order valence-electron chi connectivity index (χ3n) is 2.31. The predicted octanol–water partition coefficient (Wildman–Crippen LogP) is 3.13. The van der Waals surface area contributed by atoms with Crippen LogP contribution in [0.4, 0.5) is 0 Å². The van der Waals surface area contributed by atoms with E-state index in [9.17, 15) is 0 Å². The molecule has 0 amide bonds. The Kier molecular flexibility index (Phi) is 4.32. The third-order valence-corrected chi connectivity index (χ3v) is 3.17. The van der Waals surface area contributed by atoms with Crippen molar-refractivity contribution in [1.82, 2.24) is 5.32 Å². The van der Waals surface area contributed by atoms with Gasteiger partial charge in [-0.3, -0.25) is 0 Å². The molecular weight excluding hydrogens is 206 g/mol. The van der Waals surface area contributed by atoms with Crippen LogP contribution in [0.25, 0.3) is 0 Å². The molecule has 3 heteroatoms. The zero-order valence-corrected chi connectivity index (χ0v) is 11.1. The van der Waals surface area contributed by atoms with Crippen LogP contribution >= 0.6 is 11.3 Å². The highest BCUT2D eigenvalue weighted by Crippen LogP contribution is 2.23. The summed E-state index contributed by atoms with van der Waals surface area (Å²) >= 11 is 1.79. The maximum absolute atomic E-state index is 5.80. The topological polar surface area (TPSA) is 21.3 Å². The van der Waals surface area contributed by atoms with E-state index in [1.807, 2.05) is 7.05 Å². The first-order chi connectivity index (χ1) is 6.94. The highest BCUT2D eigenvalue weighted by molar-refractivity contribution is 7.10. The second-order valence-corrected chi connectivity index (χ2v) is 5.82. The van der Waals surface area contributed by atoms with Gasteiger partial charge in [0.2, 0.25) is 0 Å². The van der Waals surface area contributed by atoms with Gasteiger partial charge in [0.05, 0.1) is 18.2 Å². The molecule has 0 saturated heterocycles. The van der Waals surface area contributed by atoms with Gasteiger partial charge in [-0.05, 0) is 51.8 Å². The lowest BCUT2D eigenvalue weighted by Gasteiger charge is -2.24. The van der Waals surface area contributed by atoms with Gasteiger partial charge in [-0.1, -0.05) is 0 Å². The van der Waals surface area contributed by atoms with E-state index in [4.69, 9.17) is 4.74 Å². The molecule has 2 nitrogen and oxygen atoms in total. The Morgan fingerprint density at radius 3 is 2.53 bits per heavy atom. The number of hydrogen-bond acceptors (Lipinski definition) is 3. The maximum atomic E-state index is 5.80. The molecule has 0 bridgehead atoms. The largest absolute Gasteiger partial charge is 0.374 e. The summed E-state index contributed by atoms with van der Waals surface area (Å²) in [6, 6.07) is 2.48. The zero-order chi connectivity index (χ0) is 11.5. The minimum absolute atomic E-state index is 0.0704. The highest BCUT2D eigenvalue weighted by Gasteiger charge is 2.17. The van der Waals surface area contributed by atoms with E-state index >= 15 is 0 Å². The van der Waals surface area contributed by atoms with Crippen LogP contribution in [0.1, 0.15) is 37.3 Å². The van der Waals surface area contributed by atoms with Gasteiger partial charge in [-0.2, -0.15) is 0 Å². The van der Waals surface area contributed by atoms with E-state index in [1.165, 1.54) is 10.4 Å². The normalized spacial score (nSPS) is 14.2. The first-order valence-electron chi connectivity index (χ1n) is 5.29. The van der Waals surface area contributed by atoms with Crippen LogP contribution in [0.2, 0.25) is 0 Å². The number of rotatable bonds is 4. The number of likely N-dealkylation sites (N-methyl/N-ethyl adjacent to an activating group) is 1. The Bertz CT molecular complexity index is 301. The summed E-state index contributed by atoms with van der Waals surface area (Å²) in [5.74, 6) is 0. The second-order valence-electron chi connectivity index (χ2n) is 4.70. The van der Waals surface area contributed by atoms with Crippen LogP contribution in [-0.4, -0.2) is 19.3 Å². The molecule has 0 aliphatic heterocycles. The molecule has 86 valence electrons. The zero-order valence-electron chi connectivity index (χ0n) is 10.3. The smallest absolute Gasteiger partial charge is 0.0668 e. The van der Waals surface area contributed by atoms with Crippen molar-refractivity contribution in [2.75, 3.05) is 13.7 Å². The van der Waals surface area contributed by atoms with E-state index in [1.54, 1.807) is 11.3 Å². The van der Waals surface area contributed by atoms with Gasteiger partial charge in [-0.15, -0.1) is 11.3 Å². The molecule has 1 heterocycles. The molecule has 0 aromatic carbocycles. The summed E-state index contributed by atoms with van der Waals surface area (Å²) in [5.41, 5.74) is 1.28. The molecule has 0 radical (unpaired) electrons. The number of nitrogens with one attached hydrogen (secondary N) is 1. The van der Waals surface area contributed by atoms with Gasteiger partial charge in [0.1, 0.15) is 0 Å². The molecule has 0 spiro atoms. The minimum atomic E-state index is -0.0704. The van der Waals surface area contributed by atoms with Crippen LogP contribution in [0.3, 0.4) is 0 Å². The SMILES string of the molecule is CNC(COC(C)(C)C)c1ccsc1C. The van der Waals surface area contributed by atoms with E-state index in [0.29, 0.717) is 6.04 Å². The third kappa shape index (κ3) is 3.93. The fourth-order valence-corrected chi connectivity index (χ4v) is 2.18. The van der Waals surface area contributed by atoms with Crippen molar-refractivity contribution in [2.45, 2.75) is 39.3 Å². The average Bonchev–Trinajstić information content (AvgIpc) is 2.52. The van der Waals surface area contributed by atoms with Gasteiger partial charge < -0.3 is 10.1 Å². The van der Waals surface area contributed by atoms with Crippen molar-refractivity contribution in [1.29, 1.82) is 0 Å². The predicted molar refractivity (Wildman–Crippen MR) is 66.6 cm³/mol. The van der Waals surface area contributed by atoms with Crippen LogP contribution in [0, 0.1) is 6.92 Å². The maximum Gasteiger partial charge on any atom is 0.0668 e. The van der Waals surface area contributed by atoms with Gasteiger partial charge in [0.25, 0.3) is 0 Å². The summed E-state index contributed by atoms with van der Waals surface area (Å²) in [5, 5.41) is 5.43. The van der Waals surface area contributed by atoms with E-state index < -0.39 is 0 Å². The molecule has 1 rings (SSSR count). The molecule has 0 saturated carbocycles. The van der Waals surface area contributed by atoms with Gasteiger partial charge in [0, 0.05) is 4.88 Å². The molecule has 1 unspecified atom stereocenters. The van der Waals surface area contributed by atoms with E-state index in [2.05, 4.69) is 44.5 Å². The van der Waals surface area contributed by atoms with Crippen molar-refractivity contribution >= 4 is 11.3 Å². The number of ether oxygens (including phenoxy) is 1. The van der Waals surface area contributed by atoms with Gasteiger partial charge in [-0.25, -0.2) is 0 Å². The molecule has 1 aromatic heterocycles. The highest BCUT2D eigenvalue weighted by atomic mass is 32.1.